The molecule has 1 amide bonds. The van der Waals surface area contributed by atoms with Gasteiger partial charge in [-0.15, -0.1) is 0 Å². The Kier molecular flexibility index (Phi) is 9.50. The highest BCUT2D eigenvalue weighted by molar-refractivity contribution is 6.01. The molecule has 0 radical (unpaired) electrons. The van der Waals surface area contributed by atoms with Crippen molar-refractivity contribution >= 4 is 23.8 Å². The first-order valence-electron chi connectivity index (χ1n) is 13.1. The first-order chi connectivity index (χ1) is 20.1. The maximum Gasteiger partial charge on any atom is 0.377 e. The molecular weight excluding hydrogens is 548 g/mol. The maximum absolute atomic E-state index is 13.6. The van der Waals surface area contributed by atoms with Crippen LogP contribution in [0.5, 0.6) is 11.5 Å². The zero-order valence-electron chi connectivity index (χ0n) is 22.7. The van der Waals surface area contributed by atoms with Gasteiger partial charge in [0.1, 0.15) is 18.0 Å². The van der Waals surface area contributed by atoms with Crippen molar-refractivity contribution in [2.75, 3.05) is 13.2 Å². The van der Waals surface area contributed by atoms with Crippen molar-refractivity contribution in [2.24, 2.45) is 0 Å². The molecule has 3 unspecified atom stereocenters. The molecule has 42 heavy (non-hydrogen) atoms. The number of aliphatic carboxylic acids is 3. The number of rotatable bonds is 13. The monoisotopic (exact) mass is 578 g/mol. The summed E-state index contributed by atoms with van der Waals surface area (Å²) in [4.78, 5) is 53.7. The predicted octanol–water partition coefficient (Wildman–Crippen LogP) is 3.17. The van der Waals surface area contributed by atoms with E-state index < -0.39 is 54.9 Å². The van der Waals surface area contributed by atoms with Gasteiger partial charge in [-0.05, 0) is 55.2 Å². The molecule has 12 nitrogen and oxygen atoms in total. The van der Waals surface area contributed by atoms with E-state index >= 15 is 0 Å². The lowest BCUT2D eigenvalue weighted by Gasteiger charge is -2.35. The van der Waals surface area contributed by atoms with Crippen LogP contribution < -0.4 is 4.74 Å². The number of amides is 1. The largest absolute Gasteiger partial charge is 0.480 e. The molecule has 0 saturated carbocycles. The van der Waals surface area contributed by atoms with Crippen LogP contribution in [0.3, 0.4) is 0 Å². The van der Waals surface area contributed by atoms with Crippen molar-refractivity contribution in [3.63, 3.8) is 0 Å². The minimum Gasteiger partial charge on any atom is -0.480 e. The molecule has 4 rings (SSSR count). The van der Waals surface area contributed by atoms with Crippen LogP contribution in [0.1, 0.15) is 30.4 Å². The van der Waals surface area contributed by atoms with Gasteiger partial charge in [0, 0.05) is 24.4 Å². The Balaban J connectivity index is 1.61. The molecule has 3 N–H and O–H groups in total. The van der Waals surface area contributed by atoms with Crippen molar-refractivity contribution in [3.8, 4) is 11.5 Å². The summed E-state index contributed by atoms with van der Waals surface area (Å²) < 4.78 is 15.9. The van der Waals surface area contributed by atoms with E-state index in [9.17, 15) is 34.5 Å². The highest BCUT2D eigenvalue weighted by Gasteiger charge is 2.58. The first-order valence-corrected chi connectivity index (χ1v) is 13.1. The third kappa shape index (κ3) is 6.90. The third-order valence-corrected chi connectivity index (χ3v) is 7.03. The molecule has 1 aromatic heterocycles. The van der Waals surface area contributed by atoms with Crippen molar-refractivity contribution in [2.45, 2.75) is 43.6 Å². The molecule has 1 aliphatic rings. The topological polar surface area (TPSA) is 173 Å². The number of hydrogen-bond donors (Lipinski definition) is 3. The standard InChI is InChI=1S/C30H30N2O10/c1-19(32(17-26(33)34)27(35)25-18-40-30(42-25,28(36)37)29(38)39)24(12-7-20-5-3-2-4-6-20)21-8-10-22(11-9-21)41-23-13-15-31-16-14-23/h2-6,8-11,13-16,19,24-25H,7,12,17-18H2,1H3,(H,33,34)(H,36,37)(H,38,39). The van der Waals surface area contributed by atoms with Crippen molar-refractivity contribution in [1.82, 2.24) is 9.88 Å². The normalized spacial score (nSPS) is 17.1. The number of aromatic nitrogens is 1. The quantitative estimate of drug-likeness (QED) is 0.254. The van der Waals surface area contributed by atoms with Gasteiger partial charge in [0.25, 0.3) is 5.91 Å². The zero-order chi connectivity index (χ0) is 30.3. The Morgan fingerprint density at radius 1 is 0.952 bits per heavy atom. The van der Waals surface area contributed by atoms with Gasteiger partial charge in [-0.2, -0.15) is 0 Å². The minimum absolute atomic E-state index is 0.380. The number of aryl methyl sites for hydroxylation is 1. The van der Waals surface area contributed by atoms with E-state index in [-0.39, 0.29) is 5.92 Å². The highest BCUT2D eigenvalue weighted by atomic mass is 16.8. The van der Waals surface area contributed by atoms with Gasteiger partial charge in [-0.1, -0.05) is 42.5 Å². The van der Waals surface area contributed by atoms with Crippen LogP contribution in [-0.2, 0) is 35.1 Å². The van der Waals surface area contributed by atoms with Gasteiger partial charge in [-0.3, -0.25) is 14.6 Å². The van der Waals surface area contributed by atoms with Gasteiger partial charge < -0.3 is 34.4 Å². The average molecular weight is 579 g/mol. The van der Waals surface area contributed by atoms with Crippen LogP contribution in [0.2, 0.25) is 0 Å². The molecule has 1 aliphatic heterocycles. The number of benzene rings is 2. The molecule has 2 aromatic carbocycles. The molecule has 2 heterocycles. The summed E-state index contributed by atoms with van der Waals surface area (Å²) in [6.07, 6.45) is 2.72. The van der Waals surface area contributed by atoms with Crippen LogP contribution in [0.25, 0.3) is 0 Å². The molecule has 1 saturated heterocycles. The Morgan fingerprint density at radius 2 is 1.57 bits per heavy atom. The average Bonchev–Trinajstić information content (AvgIpc) is 3.45. The lowest BCUT2D eigenvalue weighted by atomic mass is 9.85. The summed E-state index contributed by atoms with van der Waals surface area (Å²) in [7, 11) is 0. The van der Waals surface area contributed by atoms with Gasteiger partial charge in [0.2, 0.25) is 0 Å². The number of carbonyl (C=O) groups excluding carboxylic acids is 1. The summed E-state index contributed by atoms with van der Waals surface area (Å²) in [5.41, 5.74) is 1.85. The van der Waals surface area contributed by atoms with Crippen molar-refractivity contribution < 1.29 is 48.7 Å². The number of hydrogen-bond acceptors (Lipinski definition) is 8. The molecule has 220 valence electrons. The van der Waals surface area contributed by atoms with Crippen LogP contribution in [0, 0.1) is 0 Å². The fourth-order valence-electron chi connectivity index (χ4n) is 4.85. The molecule has 0 spiro atoms. The number of nitrogens with zero attached hydrogens (tertiary/aromatic N) is 2. The van der Waals surface area contributed by atoms with Gasteiger partial charge >= 0.3 is 23.7 Å². The minimum atomic E-state index is -3.06. The van der Waals surface area contributed by atoms with Gasteiger partial charge in [0.15, 0.2) is 6.10 Å². The Labute approximate surface area is 241 Å². The fourth-order valence-corrected chi connectivity index (χ4v) is 4.85. The second-order valence-corrected chi connectivity index (χ2v) is 9.73. The van der Waals surface area contributed by atoms with Crippen LogP contribution >= 0.6 is 0 Å². The first kappa shape index (κ1) is 30.2. The summed E-state index contributed by atoms with van der Waals surface area (Å²) in [5, 5.41) is 28.5. The number of ether oxygens (including phenoxy) is 3. The molecular formula is C30H30N2O10. The molecule has 12 heteroatoms. The Hall–Kier alpha value is -4.81. The van der Waals surface area contributed by atoms with Gasteiger partial charge in [0.05, 0.1) is 6.61 Å². The molecule has 0 aliphatic carbocycles. The van der Waals surface area contributed by atoms with Crippen LogP contribution in [0.15, 0.2) is 79.1 Å². The van der Waals surface area contributed by atoms with E-state index in [4.69, 9.17) is 14.2 Å². The highest BCUT2D eigenvalue weighted by Crippen LogP contribution is 2.33. The van der Waals surface area contributed by atoms with E-state index in [1.165, 1.54) is 0 Å². The van der Waals surface area contributed by atoms with E-state index in [2.05, 4.69) is 4.98 Å². The van der Waals surface area contributed by atoms with Crippen molar-refractivity contribution in [1.29, 1.82) is 0 Å². The van der Waals surface area contributed by atoms with Crippen LogP contribution in [-0.4, -0.2) is 80.1 Å². The molecule has 3 aromatic rings. The summed E-state index contributed by atoms with van der Waals surface area (Å²) in [6.45, 7) is 0.295. The Bertz CT molecular complexity index is 1380. The maximum atomic E-state index is 13.6. The summed E-state index contributed by atoms with van der Waals surface area (Å²) >= 11 is 0. The SMILES string of the molecule is CC(C(CCc1ccccc1)c1ccc(Oc2ccncc2)cc1)N(CC(=O)O)C(=O)C1COC(C(=O)O)(C(=O)O)O1. The van der Waals surface area contributed by atoms with Gasteiger partial charge in [-0.25, -0.2) is 9.59 Å². The Morgan fingerprint density at radius 3 is 2.14 bits per heavy atom. The van der Waals surface area contributed by atoms with Crippen LogP contribution in [0.4, 0.5) is 0 Å². The summed E-state index contributed by atoms with van der Waals surface area (Å²) in [5.74, 6) is -8.34. The van der Waals surface area contributed by atoms with E-state index in [1.807, 2.05) is 42.5 Å². The summed E-state index contributed by atoms with van der Waals surface area (Å²) in [6, 6.07) is 19.6. The number of carboxylic acids is 3. The second-order valence-electron chi connectivity index (χ2n) is 9.73. The second kappa shape index (κ2) is 13.2. The zero-order valence-corrected chi connectivity index (χ0v) is 22.7. The third-order valence-electron chi connectivity index (χ3n) is 7.03. The number of carbonyl (C=O) groups is 4. The molecule has 1 fully saturated rings. The number of pyridine rings is 1. The molecule has 0 bridgehead atoms. The fraction of sp³-hybridized carbons (Fsp3) is 0.300. The number of carboxylic acid groups (broad SMARTS) is 3. The van der Waals surface area contributed by atoms with Crippen molar-refractivity contribution in [3.05, 3.63) is 90.3 Å². The lowest BCUT2D eigenvalue weighted by Crippen LogP contribution is -2.52. The molecule has 3 atom stereocenters. The van der Waals surface area contributed by atoms with E-state index in [0.29, 0.717) is 24.3 Å². The van der Waals surface area contributed by atoms with E-state index in [1.54, 1.807) is 43.6 Å². The lowest BCUT2D eigenvalue weighted by molar-refractivity contribution is -0.218. The van der Waals surface area contributed by atoms with E-state index in [0.717, 1.165) is 16.0 Å². The predicted molar refractivity (Wildman–Crippen MR) is 146 cm³/mol. The smallest absolute Gasteiger partial charge is 0.377 e.